The van der Waals surface area contributed by atoms with Gasteiger partial charge < -0.3 is 19.9 Å². The summed E-state index contributed by atoms with van der Waals surface area (Å²) in [7, 11) is 4.29. The summed E-state index contributed by atoms with van der Waals surface area (Å²) in [6.45, 7) is 7.82. The predicted molar refractivity (Wildman–Crippen MR) is 121 cm³/mol. The van der Waals surface area contributed by atoms with Crippen molar-refractivity contribution in [2.24, 2.45) is 10.9 Å². The highest BCUT2D eigenvalue weighted by Crippen LogP contribution is 2.19. The van der Waals surface area contributed by atoms with Gasteiger partial charge in [-0.05, 0) is 64.4 Å². The molecule has 1 aromatic carbocycles. The van der Waals surface area contributed by atoms with E-state index in [0.29, 0.717) is 6.61 Å². The summed E-state index contributed by atoms with van der Waals surface area (Å²) in [5.74, 6) is 2.72. The van der Waals surface area contributed by atoms with Crippen molar-refractivity contribution in [2.75, 3.05) is 53.4 Å². The lowest BCUT2D eigenvalue weighted by atomic mass is 9.94. The van der Waals surface area contributed by atoms with Gasteiger partial charge in [-0.25, -0.2) is 0 Å². The molecule has 0 atom stereocenters. The van der Waals surface area contributed by atoms with Crippen molar-refractivity contribution in [3.05, 3.63) is 30.3 Å². The molecule has 2 rings (SSSR count). The van der Waals surface area contributed by atoms with Gasteiger partial charge in [0.1, 0.15) is 12.4 Å². The topological polar surface area (TPSA) is 40.1 Å². The predicted octanol–water partition coefficient (Wildman–Crippen LogP) is 3.31. The average molecular weight is 474 g/mol. The molecule has 1 heterocycles. The summed E-state index contributed by atoms with van der Waals surface area (Å²) in [5, 5.41) is 3.39. The van der Waals surface area contributed by atoms with E-state index in [0.717, 1.165) is 37.3 Å². The first-order valence-corrected chi connectivity index (χ1v) is 9.55. The summed E-state index contributed by atoms with van der Waals surface area (Å²) in [4.78, 5) is 9.39. The van der Waals surface area contributed by atoms with Crippen LogP contribution in [0.25, 0.3) is 0 Å². The van der Waals surface area contributed by atoms with Crippen LogP contribution in [-0.4, -0.2) is 69.2 Å². The summed E-state index contributed by atoms with van der Waals surface area (Å²) >= 11 is 0. The number of likely N-dealkylation sites (N-methyl/N-ethyl adjacent to an activating group) is 1. The van der Waals surface area contributed by atoms with E-state index >= 15 is 0 Å². The number of para-hydroxylation sites is 1. The molecule has 0 bridgehead atoms. The van der Waals surface area contributed by atoms with E-state index in [1.165, 1.54) is 32.4 Å². The van der Waals surface area contributed by atoms with E-state index in [1.54, 1.807) is 0 Å². The Labute approximate surface area is 176 Å². The fourth-order valence-electron chi connectivity index (χ4n) is 3.10. The number of guanidine groups is 1. The van der Waals surface area contributed by atoms with E-state index in [-0.39, 0.29) is 24.0 Å². The number of benzene rings is 1. The van der Waals surface area contributed by atoms with Gasteiger partial charge in [-0.3, -0.25) is 4.99 Å². The van der Waals surface area contributed by atoms with E-state index in [2.05, 4.69) is 36.1 Å². The van der Waals surface area contributed by atoms with Crippen molar-refractivity contribution < 1.29 is 4.74 Å². The zero-order chi connectivity index (χ0) is 17.9. The Morgan fingerprint density at radius 1 is 1.27 bits per heavy atom. The highest BCUT2D eigenvalue weighted by molar-refractivity contribution is 14.0. The largest absolute Gasteiger partial charge is 0.492 e. The molecule has 1 fully saturated rings. The zero-order valence-electron chi connectivity index (χ0n) is 16.5. The third kappa shape index (κ3) is 8.58. The number of piperidine rings is 1. The lowest BCUT2D eigenvalue weighted by Gasteiger charge is -2.28. The van der Waals surface area contributed by atoms with Crippen molar-refractivity contribution in [2.45, 2.75) is 26.2 Å². The SMILES string of the molecule is CCNC(=NCCC1CCN(C)CC1)N(C)CCOc1ccccc1.I. The molecular weight excluding hydrogens is 439 g/mol. The van der Waals surface area contributed by atoms with Gasteiger partial charge in [-0.2, -0.15) is 0 Å². The van der Waals surface area contributed by atoms with Crippen molar-refractivity contribution in [1.82, 2.24) is 15.1 Å². The third-order valence-electron chi connectivity index (χ3n) is 4.77. The summed E-state index contributed by atoms with van der Waals surface area (Å²) in [5.41, 5.74) is 0. The molecule has 0 amide bonds. The number of halogens is 1. The van der Waals surface area contributed by atoms with Gasteiger partial charge in [0.2, 0.25) is 0 Å². The molecule has 1 aliphatic heterocycles. The highest BCUT2D eigenvalue weighted by Gasteiger charge is 2.16. The maximum Gasteiger partial charge on any atom is 0.193 e. The average Bonchev–Trinajstić information content (AvgIpc) is 2.63. The van der Waals surface area contributed by atoms with Crippen LogP contribution in [0.4, 0.5) is 0 Å². The molecule has 1 N–H and O–H groups in total. The normalized spacial score (nSPS) is 16.0. The van der Waals surface area contributed by atoms with Crippen LogP contribution in [0.2, 0.25) is 0 Å². The van der Waals surface area contributed by atoms with Crippen LogP contribution in [0, 0.1) is 5.92 Å². The Hall–Kier alpha value is -1.02. The van der Waals surface area contributed by atoms with E-state index in [1.807, 2.05) is 30.3 Å². The van der Waals surface area contributed by atoms with Crippen molar-refractivity contribution in [3.63, 3.8) is 0 Å². The Kier molecular flexibility index (Phi) is 11.7. The number of rotatable bonds is 8. The van der Waals surface area contributed by atoms with Crippen molar-refractivity contribution in [3.8, 4) is 5.75 Å². The standard InChI is InChI=1S/C20H34N4O.HI/c1-4-21-20(22-13-10-18-11-14-23(2)15-12-18)24(3)16-17-25-19-8-6-5-7-9-19;/h5-9,18H,4,10-17H2,1-3H3,(H,21,22);1H. The first-order valence-electron chi connectivity index (χ1n) is 9.55. The van der Waals surface area contributed by atoms with Crippen LogP contribution in [0.1, 0.15) is 26.2 Å². The molecule has 1 aromatic rings. The monoisotopic (exact) mass is 474 g/mol. The van der Waals surface area contributed by atoms with Crippen LogP contribution in [0.5, 0.6) is 5.75 Å². The maximum absolute atomic E-state index is 5.79. The van der Waals surface area contributed by atoms with Crippen LogP contribution in [0.3, 0.4) is 0 Å². The number of nitrogens with one attached hydrogen (secondary N) is 1. The Bertz CT molecular complexity index is 504. The molecule has 5 nitrogen and oxygen atoms in total. The van der Waals surface area contributed by atoms with Crippen LogP contribution >= 0.6 is 24.0 Å². The number of likely N-dealkylation sites (tertiary alicyclic amines) is 1. The van der Waals surface area contributed by atoms with Gasteiger partial charge in [0.25, 0.3) is 0 Å². The molecule has 26 heavy (non-hydrogen) atoms. The van der Waals surface area contributed by atoms with Gasteiger partial charge in [0, 0.05) is 20.1 Å². The molecule has 1 aliphatic rings. The van der Waals surface area contributed by atoms with Crippen LogP contribution in [-0.2, 0) is 0 Å². The maximum atomic E-state index is 5.79. The molecule has 148 valence electrons. The summed E-state index contributed by atoms with van der Waals surface area (Å²) in [6.07, 6.45) is 3.81. The van der Waals surface area contributed by atoms with Gasteiger partial charge in [-0.1, -0.05) is 18.2 Å². The molecule has 1 saturated heterocycles. The second kappa shape index (κ2) is 13.2. The summed E-state index contributed by atoms with van der Waals surface area (Å²) < 4.78 is 5.79. The molecule has 6 heteroatoms. The smallest absolute Gasteiger partial charge is 0.193 e. The number of hydrogen-bond donors (Lipinski definition) is 1. The summed E-state index contributed by atoms with van der Waals surface area (Å²) in [6, 6.07) is 9.96. The minimum atomic E-state index is 0. The molecule has 0 radical (unpaired) electrons. The van der Waals surface area contributed by atoms with Crippen molar-refractivity contribution >= 4 is 29.9 Å². The van der Waals surface area contributed by atoms with E-state index in [4.69, 9.17) is 9.73 Å². The Morgan fingerprint density at radius 2 is 1.96 bits per heavy atom. The molecule has 0 spiro atoms. The molecular formula is C20H35IN4O. The second-order valence-corrected chi connectivity index (χ2v) is 6.85. The lowest BCUT2D eigenvalue weighted by Crippen LogP contribution is -2.41. The zero-order valence-corrected chi connectivity index (χ0v) is 18.8. The fraction of sp³-hybridized carbons (Fsp3) is 0.650. The molecule has 0 saturated carbocycles. The first kappa shape index (κ1) is 23.0. The fourth-order valence-corrected chi connectivity index (χ4v) is 3.10. The third-order valence-corrected chi connectivity index (χ3v) is 4.77. The van der Waals surface area contributed by atoms with Gasteiger partial charge in [0.05, 0.1) is 6.54 Å². The molecule has 0 unspecified atom stereocenters. The number of ether oxygens (including phenoxy) is 1. The quantitative estimate of drug-likeness (QED) is 0.357. The minimum absolute atomic E-state index is 0. The van der Waals surface area contributed by atoms with E-state index in [9.17, 15) is 0 Å². The number of hydrogen-bond acceptors (Lipinski definition) is 3. The van der Waals surface area contributed by atoms with Gasteiger partial charge >= 0.3 is 0 Å². The molecule has 0 aromatic heterocycles. The lowest BCUT2D eigenvalue weighted by molar-refractivity contribution is 0.214. The highest BCUT2D eigenvalue weighted by atomic mass is 127. The van der Waals surface area contributed by atoms with Crippen LogP contribution < -0.4 is 10.1 Å². The second-order valence-electron chi connectivity index (χ2n) is 6.85. The molecule has 0 aliphatic carbocycles. The number of aliphatic imine (C=N–C) groups is 1. The van der Waals surface area contributed by atoms with Gasteiger partial charge in [0.15, 0.2) is 5.96 Å². The number of nitrogens with zero attached hydrogens (tertiary/aromatic N) is 3. The van der Waals surface area contributed by atoms with Gasteiger partial charge in [-0.15, -0.1) is 24.0 Å². The first-order chi connectivity index (χ1) is 12.2. The minimum Gasteiger partial charge on any atom is -0.492 e. The Balaban J connectivity index is 0.00000338. The van der Waals surface area contributed by atoms with Crippen molar-refractivity contribution in [1.29, 1.82) is 0 Å². The van der Waals surface area contributed by atoms with E-state index < -0.39 is 0 Å². The Morgan fingerprint density at radius 3 is 2.62 bits per heavy atom. The van der Waals surface area contributed by atoms with Crippen LogP contribution in [0.15, 0.2) is 35.3 Å².